The Morgan fingerprint density at radius 2 is 1.83 bits per heavy atom. The standard InChI is InChI=1S/C28H39ClN2O3Si/c1-18(16-26(2,3)4)27(5,34-35)28(20-9-10-20)23-15-21(29)11-14-24(23)31(25(32)30-28)17-19-7-12-22(33-6)13-8-19/h7-8,11-15,18,20H,9-10,16-17H2,1-6,35H3,(H,30,32). The molecular weight excluding hydrogens is 476 g/mol. The fraction of sp³-hybridized carbons (Fsp3) is 0.536. The van der Waals surface area contributed by atoms with Crippen LogP contribution in [0.4, 0.5) is 10.5 Å². The molecule has 35 heavy (non-hydrogen) atoms. The number of urea groups is 1. The molecule has 7 heteroatoms. The van der Waals surface area contributed by atoms with Crippen LogP contribution in [0.15, 0.2) is 42.5 Å². The minimum atomic E-state index is -0.632. The summed E-state index contributed by atoms with van der Waals surface area (Å²) in [7, 11) is 2.23. The predicted molar refractivity (Wildman–Crippen MR) is 146 cm³/mol. The number of anilines is 1. The van der Waals surface area contributed by atoms with Gasteiger partial charge in [0.2, 0.25) is 0 Å². The number of methoxy groups -OCH3 is 1. The third kappa shape index (κ3) is 4.73. The second-order valence-electron chi connectivity index (χ2n) is 11.6. The molecule has 4 rings (SSSR count). The maximum Gasteiger partial charge on any atom is 0.323 e. The van der Waals surface area contributed by atoms with Gasteiger partial charge in [-0.2, -0.15) is 0 Å². The van der Waals surface area contributed by atoms with Gasteiger partial charge in [-0.3, -0.25) is 4.90 Å². The number of ether oxygens (including phenoxy) is 1. The van der Waals surface area contributed by atoms with E-state index in [0.717, 1.165) is 41.8 Å². The average molecular weight is 515 g/mol. The molecule has 1 saturated carbocycles. The van der Waals surface area contributed by atoms with Crippen LogP contribution in [0, 0.1) is 17.3 Å². The highest BCUT2D eigenvalue weighted by Gasteiger charge is 2.63. The van der Waals surface area contributed by atoms with E-state index in [9.17, 15) is 4.79 Å². The lowest BCUT2D eigenvalue weighted by atomic mass is 9.62. The molecule has 1 heterocycles. The van der Waals surface area contributed by atoms with Gasteiger partial charge >= 0.3 is 6.03 Å². The third-order valence-corrected chi connectivity index (χ3v) is 9.06. The van der Waals surface area contributed by atoms with Crippen molar-refractivity contribution < 1.29 is 14.0 Å². The number of benzene rings is 2. The maximum atomic E-state index is 13.9. The molecule has 5 nitrogen and oxygen atoms in total. The Bertz CT molecular complexity index is 1080. The molecule has 0 spiro atoms. The first-order valence-corrected chi connectivity index (χ1v) is 13.7. The quantitative estimate of drug-likeness (QED) is 0.452. The number of carbonyl (C=O) groups excluding carboxylic acids is 1. The molecule has 3 unspecified atom stereocenters. The van der Waals surface area contributed by atoms with E-state index < -0.39 is 11.1 Å². The average Bonchev–Trinajstić information content (AvgIpc) is 3.65. The summed E-state index contributed by atoms with van der Waals surface area (Å²) >= 11 is 6.61. The van der Waals surface area contributed by atoms with Crippen LogP contribution in [0.1, 0.15) is 65.0 Å². The highest BCUT2D eigenvalue weighted by atomic mass is 35.5. The van der Waals surface area contributed by atoms with Gasteiger partial charge in [-0.1, -0.05) is 51.4 Å². The molecule has 0 radical (unpaired) electrons. The first-order valence-electron chi connectivity index (χ1n) is 12.5. The molecule has 3 atom stereocenters. The SMILES string of the molecule is COc1ccc(CN2C(=O)NC(C3CC3)(C(C)(O[SiH3])C(C)CC(C)(C)C)c3cc(Cl)ccc32)cc1. The summed E-state index contributed by atoms with van der Waals surface area (Å²) in [5.41, 5.74) is 1.96. The van der Waals surface area contributed by atoms with Crippen LogP contribution in [0.2, 0.25) is 5.02 Å². The summed E-state index contributed by atoms with van der Waals surface area (Å²) in [5, 5.41) is 4.20. The number of fused-ring (bicyclic) bond motifs is 1. The number of hydrogen-bond acceptors (Lipinski definition) is 3. The number of nitrogens with zero attached hydrogens (tertiary/aromatic N) is 1. The van der Waals surface area contributed by atoms with Crippen molar-refractivity contribution in [3.63, 3.8) is 0 Å². The number of hydrogen-bond donors (Lipinski definition) is 1. The van der Waals surface area contributed by atoms with Crippen molar-refractivity contribution in [1.82, 2.24) is 5.32 Å². The minimum absolute atomic E-state index is 0.0876. The molecule has 1 N–H and O–H groups in total. The lowest BCUT2D eigenvalue weighted by Gasteiger charge is -2.56. The third-order valence-electron chi connectivity index (χ3n) is 7.98. The maximum absolute atomic E-state index is 13.9. The van der Waals surface area contributed by atoms with Gasteiger partial charge in [0, 0.05) is 10.6 Å². The van der Waals surface area contributed by atoms with Crippen molar-refractivity contribution in [2.75, 3.05) is 12.0 Å². The van der Waals surface area contributed by atoms with E-state index in [2.05, 4.69) is 46.0 Å². The van der Waals surface area contributed by atoms with E-state index in [1.165, 1.54) is 0 Å². The number of nitrogens with one attached hydrogen (secondary N) is 1. The van der Waals surface area contributed by atoms with Gasteiger partial charge in [0.1, 0.15) is 16.2 Å². The van der Waals surface area contributed by atoms with E-state index >= 15 is 0 Å². The zero-order valence-corrected chi connectivity index (χ0v) is 24.8. The fourth-order valence-corrected chi connectivity index (χ4v) is 6.94. The minimum Gasteiger partial charge on any atom is -0.497 e. The molecule has 2 amide bonds. The highest BCUT2D eigenvalue weighted by Crippen LogP contribution is 2.59. The van der Waals surface area contributed by atoms with Crippen LogP contribution >= 0.6 is 11.6 Å². The van der Waals surface area contributed by atoms with Gasteiger partial charge in [-0.25, -0.2) is 4.79 Å². The number of carbonyl (C=O) groups is 1. The number of amides is 2. The van der Waals surface area contributed by atoms with Gasteiger partial charge in [-0.05, 0) is 79.3 Å². The van der Waals surface area contributed by atoms with Crippen LogP contribution < -0.4 is 15.0 Å². The van der Waals surface area contributed by atoms with Gasteiger partial charge < -0.3 is 14.5 Å². The van der Waals surface area contributed by atoms with Crippen LogP contribution in [-0.4, -0.2) is 29.2 Å². The summed E-state index contributed by atoms with van der Waals surface area (Å²) < 4.78 is 11.9. The van der Waals surface area contributed by atoms with E-state index in [1.54, 1.807) is 7.11 Å². The Kier molecular flexibility index (Phi) is 7.04. The Balaban J connectivity index is 1.83. The van der Waals surface area contributed by atoms with Crippen LogP contribution in [0.5, 0.6) is 5.75 Å². The van der Waals surface area contributed by atoms with Crippen LogP contribution in [0.25, 0.3) is 0 Å². The summed E-state index contributed by atoms with van der Waals surface area (Å²) in [6.07, 6.45) is 3.11. The molecule has 0 saturated heterocycles. The Labute approximate surface area is 218 Å². The van der Waals surface area contributed by atoms with Crippen molar-refractivity contribution in [2.45, 2.75) is 71.6 Å². The van der Waals surface area contributed by atoms with E-state index in [0.29, 0.717) is 28.0 Å². The summed E-state index contributed by atoms with van der Waals surface area (Å²) in [6.45, 7) is 11.7. The largest absolute Gasteiger partial charge is 0.497 e. The van der Waals surface area contributed by atoms with Gasteiger partial charge in [-0.15, -0.1) is 0 Å². The van der Waals surface area contributed by atoms with Crippen LogP contribution in [-0.2, 0) is 16.5 Å². The lowest BCUT2D eigenvalue weighted by molar-refractivity contribution is -0.0721. The first-order chi connectivity index (χ1) is 16.4. The molecule has 1 aliphatic heterocycles. The zero-order valence-electron chi connectivity index (χ0n) is 22.1. The number of halogens is 1. The molecule has 2 aliphatic rings. The van der Waals surface area contributed by atoms with Crippen molar-refractivity contribution in [3.8, 4) is 5.75 Å². The predicted octanol–water partition coefficient (Wildman–Crippen LogP) is 5.81. The normalized spacial score (nSPS) is 22.8. The number of rotatable bonds is 8. The van der Waals surface area contributed by atoms with Crippen molar-refractivity contribution in [3.05, 3.63) is 58.6 Å². The first kappa shape index (κ1) is 26.1. The molecule has 2 aromatic rings. The van der Waals surface area contributed by atoms with Crippen molar-refractivity contribution >= 4 is 33.8 Å². The summed E-state index contributed by atoms with van der Waals surface area (Å²) in [6, 6.07) is 13.7. The van der Waals surface area contributed by atoms with Gasteiger partial charge in [0.15, 0.2) is 0 Å². The fourth-order valence-electron chi connectivity index (χ4n) is 6.04. The van der Waals surface area contributed by atoms with Gasteiger partial charge in [0.05, 0.1) is 30.5 Å². The molecule has 0 bridgehead atoms. The lowest BCUT2D eigenvalue weighted by Crippen LogP contribution is -2.69. The van der Waals surface area contributed by atoms with Crippen molar-refractivity contribution in [1.29, 1.82) is 0 Å². The molecule has 190 valence electrons. The highest BCUT2D eigenvalue weighted by molar-refractivity contribution is 6.30. The smallest absolute Gasteiger partial charge is 0.323 e. The van der Waals surface area contributed by atoms with E-state index in [-0.39, 0.29) is 17.4 Å². The molecule has 1 aliphatic carbocycles. The monoisotopic (exact) mass is 514 g/mol. The molecular formula is C28H39ClN2O3Si. The second-order valence-corrected chi connectivity index (χ2v) is 12.4. The molecule has 2 aromatic carbocycles. The topological polar surface area (TPSA) is 50.8 Å². The van der Waals surface area contributed by atoms with Gasteiger partial charge in [0.25, 0.3) is 0 Å². The Hall–Kier alpha value is -2.02. The Morgan fingerprint density at radius 3 is 2.37 bits per heavy atom. The second kappa shape index (κ2) is 9.45. The summed E-state index contributed by atoms with van der Waals surface area (Å²) in [5.74, 6) is 1.33. The summed E-state index contributed by atoms with van der Waals surface area (Å²) in [4.78, 5) is 15.7. The molecule has 0 aromatic heterocycles. The zero-order chi connectivity index (χ0) is 25.6. The van der Waals surface area contributed by atoms with Crippen molar-refractivity contribution in [2.24, 2.45) is 17.3 Å². The molecule has 1 fully saturated rings. The Morgan fingerprint density at radius 1 is 1.17 bits per heavy atom. The van der Waals surface area contributed by atoms with Crippen LogP contribution in [0.3, 0.4) is 0 Å². The van der Waals surface area contributed by atoms with E-state index in [1.807, 2.05) is 41.3 Å². The van der Waals surface area contributed by atoms with E-state index in [4.69, 9.17) is 20.8 Å².